The summed E-state index contributed by atoms with van der Waals surface area (Å²) in [6.07, 6.45) is 0. The third-order valence-electron chi connectivity index (χ3n) is 3.15. The quantitative estimate of drug-likeness (QED) is 0.823. The number of aromatic nitrogens is 1. The molecule has 1 aromatic heterocycles. The summed E-state index contributed by atoms with van der Waals surface area (Å²) in [5, 5.41) is 9.29. The predicted octanol–water partition coefficient (Wildman–Crippen LogP) is 3.28. The second kappa shape index (κ2) is 5.11. The lowest BCUT2D eigenvalue weighted by molar-refractivity contribution is 0.562. The van der Waals surface area contributed by atoms with Crippen LogP contribution in [0.25, 0.3) is 11.1 Å². The van der Waals surface area contributed by atoms with Crippen LogP contribution in [0, 0.1) is 18.3 Å². The molecule has 0 fully saturated rings. The van der Waals surface area contributed by atoms with Crippen molar-refractivity contribution in [1.82, 2.24) is 4.57 Å². The average Bonchev–Trinajstić information content (AvgIpc) is 2.38. The Bertz CT molecular complexity index is 691. The Morgan fingerprint density at radius 1 is 1.21 bits per heavy atom. The van der Waals surface area contributed by atoms with E-state index in [1.54, 1.807) is 4.57 Å². The summed E-state index contributed by atoms with van der Waals surface area (Å²) in [6.45, 7) is 5.78. The minimum atomic E-state index is -0.212. The first-order valence-electron chi connectivity index (χ1n) is 6.28. The third-order valence-corrected chi connectivity index (χ3v) is 3.15. The first-order valence-corrected chi connectivity index (χ1v) is 6.28. The molecule has 0 unspecified atom stereocenters. The molecule has 19 heavy (non-hydrogen) atoms. The molecule has 3 heteroatoms. The maximum atomic E-state index is 12.4. The van der Waals surface area contributed by atoms with Gasteiger partial charge in [-0.15, -0.1) is 0 Å². The zero-order valence-corrected chi connectivity index (χ0v) is 11.3. The molecule has 0 aliphatic heterocycles. The summed E-state index contributed by atoms with van der Waals surface area (Å²) in [4.78, 5) is 12.4. The van der Waals surface area contributed by atoms with Crippen LogP contribution in [0.2, 0.25) is 0 Å². The Hall–Kier alpha value is -2.34. The number of rotatable bonds is 2. The van der Waals surface area contributed by atoms with E-state index in [-0.39, 0.29) is 17.2 Å². The van der Waals surface area contributed by atoms with Crippen LogP contribution in [0.5, 0.6) is 0 Å². The molecule has 0 aliphatic carbocycles. The average molecular weight is 252 g/mol. The number of benzene rings is 1. The maximum Gasteiger partial charge on any atom is 0.269 e. The van der Waals surface area contributed by atoms with Crippen molar-refractivity contribution in [3.8, 4) is 17.2 Å². The van der Waals surface area contributed by atoms with E-state index >= 15 is 0 Å². The molecular formula is C16H16N2O. The van der Waals surface area contributed by atoms with Gasteiger partial charge in [-0.25, -0.2) is 0 Å². The van der Waals surface area contributed by atoms with Crippen LogP contribution in [0.4, 0.5) is 0 Å². The molecule has 0 spiro atoms. The summed E-state index contributed by atoms with van der Waals surface area (Å²) in [7, 11) is 0. The lowest BCUT2D eigenvalue weighted by Gasteiger charge is -2.16. The third kappa shape index (κ3) is 2.30. The molecule has 0 saturated carbocycles. The van der Waals surface area contributed by atoms with Gasteiger partial charge in [-0.05, 0) is 32.4 Å². The van der Waals surface area contributed by atoms with Crippen molar-refractivity contribution in [2.45, 2.75) is 26.8 Å². The van der Waals surface area contributed by atoms with Gasteiger partial charge >= 0.3 is 0 Å². The highest BCUT2D eigenvalue weighted by Gasteiger charge is 2.15. The van der Waals surface area contributed by atoms with Crippen molar-refractivity contribution in [2.75, 3.05) is 0 Å². The van der Waals surface area contributed by atoms with Crippen molar-refractivity contribution in [1.29, 1.82) is 5.26 Å². The molecule has 0 radical (unpaired) electrons. The topological polar surface area (TPSA) is 45.8 Å². The molecule has 0 N–H and O–H groups in total. The molecule has 2 aromatic rings. The van der Waals surface area contributed by atoms with Gasteiger partial charge in [0.1, 0.15) is 11.6 Å². The van der Waals surface area contributed by atoms with Gasteiger partial charge in [-0.3, -0.25) is 4.79 Å². The maximum absolute atomic E-state index is 12.4. The molecule has 0 amide bonds. The van der Waals surface area contributed by atoms with Crippen molar-refractivity contribution < 1.29 is 0 Å². The molecule has 96 valence electrons. The molecule has 0 saturated heterocycles. The van der Waals surface area contributed by atoms with Gasteiger partial charge in [0.05, 0.1) is 0 Å². The van der Waals surface area contributed by atoms with Crippen LogP contribution >= 0.6 is 0 Å². The number of hydrogen-bond acceptors (Lipinski definition) is 2. The fraction of sp³-hybridized carbons (Fsp3) is 0.250. The number of nitriles is 1. The van der Waals surface area contributed by atoms with Crippen molar-refractivity contribution in [2.24, 2.45) is 0 Å². The Balaban J connectivity index is 2.79. The van der Waals surface area contributed by atoms with Gasteiger partial charge in [-0.2, -0.15) is 5.26 Å². The summed E-state index contributed by atoms with van der Waals surface area (Å²) >= 11 is 0. The molecule has 3 nitrogen and oxygen atoms in total. The zero-order valence-electron chi connectivity index (χ0n) is 11.3. The molecule has 1 heterocycles. The second-order valence-electron chi connectivity index (χ2n) is 4.82. The summed E-state index contributed by atoms with van der Waals surface area (Å²) < 4.78 is 1.66. The van der Waals surface area contributed by atoms with E-state index < -0.39 is 0 Å². The molecular weight excluding hydrogens is 236 g/mol. The molecule has 0 aliphatic rings. The van der Waals surface area contributed by atoms with Gasteiger partial charge < -0.3 is 4.57 Å². The van der Waals surface area contributed by atoms with E-state index in [0.717, 1.165) is 11.3 Å². The summed E-state index contributed by atoms with van der Waals surface area (Å²) in [5.41, 5.74) is 2.48. The Labute approximate surface area is 112 Å². The fourth-order valence-corrected chi connectivity index (χ4v) is 2.34. The van der Waals surface area contributed by atoms with Crippen molar-refractivity contribution >= 4 is 0 Å². The highest BCUT2D eigenvalue weighted by Crippen LogP contribution is 2.23. The largest absolute Gasteiger partial charge is 0.309 e. The summed E-state index contributed by atoms with van der Waals surface area (Å²) in [6, 6.07) is 13.6. The van der Waals surface area contributed by atoms with Gasteiger partial charge in [0.15, 0.2) is 0 Å². The number of pyridine rings is 1. The van der Waals surface area contributed by atoms with Crippen molar-refractivity contribution in [3.63, 3.8) is 0 Å². The highest BCUT2D eigenvalue weighted by atomic mass is 16.1. The highest BCUT2D eigenvalue weighted by molar-refractivity contribution is 5.70. The Morgan fingerprint density at radius 2 is 1.84 bits per heavy atom. The van der Waals surface area contributed by atoms with Crippen LogP contribution in [-0.2, 0) is 0 Å². The number of nitrogens with zero attached hydrogens (tertiary/aromatic N) is 2. The minimum Gasteiger partial charge on any atom is -0.309 e. The van der Waals surface area contributed by atoms with Crippen LogP contribution in [0.3, 0.4) is 0 Å². The van der Waals surface area contributed by atoms with E-state index in [2.05, 4.69) is 6.07 Å². The van der Waals surface area contributed by atoms with Crippen LogP contribution in [0.1, 0.15) is 31.1 Å². The van der Waals surface area contributed by atoms with Crippen LogP contribution in [0.15, 0.2) is 41.2 Å². The standard InChI is InChI=1S/C16H16N2O/c1-11(2)18-12(3)9-14(15(10-17)16(18)19)13-7-5-4-6-8-13/h4-9,11H,1-3H3. The second-order valence-corrected chi connectivity index (χ2v) is 4.82. The van der Waals surface area contributed by atoms with Crippen LogP contribution in [-0.4, -0.2) is 4.57 Å². The van der Waals surface area contributed by atoms with Gasteiger partial charge in [0.2, 0.25) is 0 Å². The molecule has 0 bridgehead atoms. The molecule has 2 rings (SSSR count). The Kier molecular flexibility index (Phi) is 3.52. The number of aryl methyl sites for hydroxylation is 1. The van der Waals surface area contributed by atoms with Gasteiger partial charge in [-0.1, -0.05) is 30.3 Å². The first-order chi connectivity index (χ1) is 9.06. The van der Waals surface area contributed by atoms with Crippen LogP contribution < -0.4 is 5.56 Å². The zero-order chi connectivity index (χ0) is 14.0. The normalized spacial score (nSPS) is 10.5. The van der Waals surface area contributed by atoms with E-state index in [9.17, 15) is 10.1 Å². The van der Waals surface area contributed by atoms with E-state index in [1.807, 2.05) is 57.2 Å². The van der Waals surface area contributed by atoms with E-state index in [1.165, 1.54) is 0 Å². The van der Waals surface area contributed by atoms with Gasteiger partial charge in [0, 0.05) is 17.3 Å². The Morgan fingerprint density at radius 3 is 2.37 bits per heavy atom. The van der Waals surface area contributed by atoms with E-state index in [0.29, 0.717) is 5.56 Å². The van der Waals surface area contributed by atoms with Gasteiger partial charge in [0.25, 0.3) is 5.56 Å². The molecule has 0 atom stereocenters. The SMILES string of the molecule is Cc1cc(-c2ccccc2)c(C#N)c(=O)n1C(C)C. The number of hydrogen-bond donors (Lipinski definition) is 0. The van der Waals surface area contributed by atoms with E-state index in [4.69, 9.17) is 0 Å². The smallest absolute Gasteiger partial charge is 0.269 e. The lowest BCUT2D eigenvalue weighted by Crippen LogP contribution is -2.26. The lowest BCUT2D eigenvalue weighted by atomic mass is 10.0. The fourth-order valence-electron chi connectivity index (χ4n) is 2.34. The first kappa shape index (κ1) is 13.1. The predicted molar refractivity (Wildman–Crippen MR) is 76.0 cm³/mol. The van der Waals surface area contributed by atoms with Crippen molar-refractivity contribution in [3.05, 3.63) is 58.0 Å². The molecule has 1 aromatic carbocycles. The summed E-state index contributed by atoms with van der Waals surface area (Å²) in [5.74, 6) is 0. The monoisotopic (exact) mass is 252 g/mol. The minimum absolute atomic E-state index is 0.0458.